The standard InChI is InChI=1S/C21H18BrNOS/c1-14-5-7-15(8-6-14)20-18-10-12-25-19(18)9-11-23(20)21(24)16-3-2-4-17(22)13-16/h2-8,10,12-13,20H,9,11H2,1H3. The first-order valence-corrected chi connectivity index (χ1v) is 10.00. The van der Waals surface area contributed by atoms with Gasteiger partial charge < -0.3 is 4.90 Å². The molecular formula is C21H18BrNOS. The topological polar surface area (TPSA) is 20.3 Å². The van der Waals surface area contributed by atoms with Gasteiger partial charge in [-0.25, -0.2) is 0 Å². The zero-order valence-corrected chi connectivity index (χ0v) is 16.3. The van der Waals surface area contributed by atoms with Crippen molar-refractivity contribution in [2.45, 2.75) is 19.4 Å². The normalized spacial score (nSPS) is 16.6. The zero-order chi connectivity index (χ0) is 17.4. The van der Waals surface area contributed by atoms with Gasteiger partial charge in [0.15, 0.2) is 0 Å². The van der Waals surface area contributed by atoms with Gasteiger partial charge >= 0.3 is 0 Å². The van der Waals surface area contributed by atoms with E-state index in [9.17, 15) is 4.79 Å². The summed E-state index contributed by atoms with van der Waals surface area (Å²) in [6.07, 6.45) is 0.926. The first kappa shape index (κ1) is 16.6. The Hall–Kier alpha value is -1.91. The molecule has 1 unspecified atom stereocenters. The second kappa shape index (κ2) is 6.77. The van der Waals surface area contributed by atoms with E-state index in [2.05, 4.69) is 58.6 Å². The fraction of sp³-hybridized carbons (Fsp3) is 0.190. The highest BCUT2D eigenvalue weighted by Crippen LogP contribution is 2.38. The molecule has 0 fully saturated rings. The Labute approximate surface area is 160 Å². The highest BCUT2D eigenvalue weighted by molar-refractivity contribution is 9.10. The van der Waals surface area contributed by atoms with Crippen molar-refractivity contribution >= 4 is 33.2 Å². The highest BCUT2D eigenvalue weighted by Gasteiger charge is 2.33. The van der Waals surface area contributed by atoms with Crippen molar-refractivity contribution in [1.29, 1.82) is 0 Å². The lowest BCUT2D eigenvalue weighted by molar-refractivity contribution is 0.0696. The number of amides is 1. The number of thiophene rings is 1. The molecule has 1 amide bonds. The lowest BCUT2D eigenvalue weighted by Gasteiger charge is -2.36. The van der Waals surface area contributed by atoms with Crippen LogP contribution in [0.2, 0.25) is 0 Å². The van der Waals surface area contributed by atoms with E-state index < -0.39 is 0 Å². The number of carbonyl (C=O) groups is 1. The van der Waals surface area contributed by atoms with Gasteiger partial charge in [-0.2, -0.15) is 0 Å². The molecule has 0 saturated carbocycles. The van der Waals surface area contributed by atoms with Crippen LogP contribution in [-0.4, -0.2) is 17.4 Å². The second-order valence-corrected chi connectivity index (χ2v) is 8.29. The van der Waals surface area contributed by atoms with E-state index in [-0.39, 0.29) is 11.9 Å². The molecule has 1 atom stereocenters. The summed E-state index contributed by atoms with van der Waals surface area (Å²) >= 11 is 5.27. The molecule has 0 bridgehead atoms. The van der Waals surface area contributed by atoms with Crippen LogP contribution in [0.15, 0.2) is 64.5 Å². The number of nitrogens with zero attached hydrogens (tertiary/aromatic N) is 1. The van der Waals surface area contributed by atoms with Gasteiger partial charge in [0.1, 0.15) is 0 Å². The Morgan fingerprint density at radius 2 is 1.96 bits per heavy atom. The molecule has 0 radical (unpaired) electrons. The number of halogens is 1. The van der Waals surface area contributed by atoms with Crippen molar-refractivity contribution in [3.8, 4) is 0 Å². The van der Waals surface area contributed by atoms with Crippen LogP contribution in [0, 0.1) is 6.92 Å². The van der Waals surface area contributed by atoms with Crippen molar-refractivity contribution in [3.63, 3.8) is 0 Å². The zero-order valence-electron chi connectivity index (χ0n) is 13.9. The monoisotopic (exact) mass is 411 g/mol. The van der Waals surface area contributed by atoms with Gasteiger partial charge in [0.25, 0.3) is 5.91 Å². The number of hydrogen-bond acceptors (Lipinski definition) is 2. The Bertz CT molecular complexity index is 916. The van der Waals surface area contributed by atoms with Crippen LogP contribution < -0.4 is 0 Å². The van der Waals surface area contributed by atoms with Crippen molar-refractivity contribution in [2.75, 3.05) is 6.54 Å². The van der Waals surface area contributed by atoms with Crippen LogP contribution in [-0.2, 0) is 6.42 Å². The third-order valence-electron chi connectivity index (χ3n) is 4.69. The highest BCUT2D eigenvalue weighted by atomic mass is 79.9. The quantitative estimate of drug-likeness (QED) is 0.536. The van der Waals surface area contributed by atoms with Crippen LogP contribution in [0.4, 0.5) is 0 Å². The van der Waals surface area contributed by atoms with Crippen molar-refractivity contribution in [1.82, 2.24) is 4.90 Å². The van der Waals surface area contributed by atoms with E-state index in [4.69, 9.17) is 0 Å². The summed E-state index contributed by atoms with van der Waals surface area (Å²) in [7, 11) is 0. The van der Waals surface area contributed by atoms with Gasteiger partial charge in [-0.1, -0.05) is 51.8 Å². The van der Waals surface area contributed by atoms with Crippen LogP contribution in [0.3, 0.4) is 0 Å². The van der Waals surface area contributed by atoms with E-state index in [1.54, 1.807) is 11.3 Å². The lowest BCUT2D eigenvalue weighted by Crippen LogP contribution is -2.40. The molecule has 0 spiro atoms. The second-order valence-electron chi connectivity index (χ2n) is 6.37. The number of benzene rings is 2. The molecule has 0 saturated heterocycles. The Morgan fingerprint density at radius 1 is 1.16 bits per heavy atom. The maximum atomic E-state index is 13.2. The molecule has 0 N–H and O–H groups in total. The van der Waals surface area contributed by atoms with Gasteiger partial charge in [0.2, 0.25) is 0 Å². The summed E-state index contributed by atoms with van der Waals surface area (Å²) in [5, 5.41) is 2.14. The van der Waals surface area contributed by atoms with Gasteiger partial charge in [-0.05, 0) is 54.1 Å². The first-order chi connectivity index (χ1) is 12.1. The summed E-state index contributed by atoms with van der Waals surface area (Å²) in [6, 6.07) is 18.4. The molecule has 1 aliphatic heterocycles. The molecule has 1 aliphatic rings. The largest absolute Gasteiger partial charge is 0.327 e. The van der Waals surface area contributed by atoms with E-state index in [0.29, 0.717) is 0 Å². The van der Waals surface area contributed by atoms with Crippen LogP contribution in [0.25, 0.3) is 0 Å². The molecule has 2 heterocycles. The maximum Gasteiger partial charge on any atom is 0.254 e. The van der Waals surface area contributed by atoms with Crippen LogP contribution >= 0.6 is 27.3 Å². The fourth-order valence-electron chi connectivity index (χ4n) is 3.43. The van der Waals surface area contributed by atoms with Crippen molar-refractivity contribution < 1.29 is 4.79 Å². The maximum absolute atomic E-state index is 13.2. The SMILES string of the molecule is Cc1ccc(C2c3ccsc3CCN2C(=O)c2cccc(Br)c2)cc1. The predicted octanol–water partition coefficient (Wildman–Crippen LogP) is 5.61. The predicted molar refractivity (Wildman–Crippen MR) is 106 cm³/mol. The molecular weight excluding hydrogens is 394 g/mol. The lowest BCUT2D eigenvalue weighted by atomic mass is 9.92. The van der Waals surface area contributed by atoms with Gasteiger partial charge in [-0.3, -0.25) is 4.79 Å². The molecule has 2 aromatic carbocycles. The minimum atomic E-state index is -0.0120. The number of carbonyl (C=O) groups excluding carboxylic acids is 1. The van der Waals surface area contributed by atoms with E-state index >= 15 is 0 Å². The number of rotatable bonds is 2. The van der Waals surface area contributed by atoms with Crippen molar-refractivity contribution in [2.24, 2.45) is 0 Å². The molecule has 126 valence electrons. The number of fused-ring (bicyclic) bond motifs is 1. The summed E-state index contributed by atoms with van der Waals surface area (Å²) in [4.78, 5) is 16.7. The molecule has 2 nitrogen and oxygen atoms in total. The van der Waals surface area contributed by atoms with E-state index in [1.807, 2.05) is 29.2 Å². The first-order valence-electron chi connectivity index (χ1n) is 8.33. The molecule has 3 aromatic rings. The van der Waals surface area contributed by atoms with Gasteiger partial charge in [0, 0.05) is 21.5 Å². The number of hydrogen-bond donors (Lipinski definition) is 0. The summed E-state index contributed by atoms with van der Waals surface area (Å²) in [5.41, 5.74) is 4.40. The van der Waals surface area contributed by atoms with Crippen LogP contribution in [0.1, 0.15) is 38.0 Å². The smallest absolute Gasteiger partial charge is 0.254 e. The summed E-state index contributed by atoms with van der Waals surface area (Å²) < 4.78 is 0.929. The van der Waals surface area contributed by atoms with Gasteiger partial charge in [0.05, 0.1) is 6.04 Å². The fourth-order valence-corrected chi connectivity index (χ4v) is 4.73. The Balaban J connectivity index is 1.78. The Kier molecular flexibility index (Phi) is 4.48. The minimum Gasteiger partial charge on any atom is -0.327 e. The Morgan fingerprint density at radius 3 is 2.72 bits per heavy atom. The van der Waals surface area contributed by atoms with E-state index in [1.165, 1.54) is 21.6 Å². The van der Waals surface area contributed by atoms with Crippen LogP contribution in [0.5, 0.6) is 0 Å². The average molecular weight is 412 g/mol. The number of aryl methyl sites for hydroxylation is 1. The summed E-state index contributed by atoms with van der Waals surface area (Å²) in [6.45, 7) is 2.84. The van der Waals surface area contributed by atoms with E-state index in [0.717, 1.165) is 23.0 Å². The molecule has 25 heavy (non-hydrogen) atoms. The third-order valence-corrected chi connectivity index (χ3v) is 6.18. The molecule has 4 heteroatoms. The van der Waals surface area contributed by atoms with Crippen molar-refractivity contribution in [3.05, 3.63) is 91.6 Å². The third kappa shape index (κ3) is 3.16. The average Bonchev–Trinajstić information content (AvgIpc) is 3.10. The molecule has 0 aliphatic carbocycles. The summed E-state index contributed by atoms with van der Waals surface area (Å²) in [5.74, 6) is 0.0868. The minimum absolute atomic E-state index is 0.0120. The molecule has 4 rings (SSSR count). The molecule has 1 aromatic heterocycles. The van der Waals surface area contributed by atoms with Gasteiger partial charge in [-0.15, -0.1) is 11.3 Å².